The van der Waals surface area contributed by atoms with Gasteiger partial charge in [0.25, 0.3) is 0 Å². The van der Waals surface area contributed by atoms with E-state index < -0.39 is 29.7 Å². The van der Waals surface area contributed by atoms with E-state index in [1.54, 1.807) is 0 Å². The summed E-state index contributed by atoms with van der Waals surface area (Å²) < 4.78 is 0. The lowest BCUT2D eigenvalue weighted by Gasteiger charge is -2.16. The molecule has 0 unspecified atom stereocenters. The third-order valence-corrected chi connectivity index (χ3v) is 1.81. The van der Waals surface area contributed by atoms with Gasteiger partial charge in [-0.3, -0.25) is 19.2 Å². The summed E-state index contributed by atoms with van der Waals surface area (Å²) in [6.07, 6.45) is 0.0223. The topological polar surface area (TPSA) is 144 Å². The number of hydrogen-bond donors (Lipinski definition) is 4. The van der Waals surface area contributed by atoms with Crippen LogP contribution in [0.25, 0.3) is 0 Å². The SMILES string of the molecule is CC(=O)N[C@@H](CCC(N)=O)C(=O)NCC(N)=O. The lowest BCUT2D eigenvalue weighted by atomic mass is 10.1. The van der Waals surface area contributed by atoms with Crippen LogP contribution in [0.4, 0.5) is 0 Å². The zero-order valence-electron chi connectivity index (χ0n) is 9.49. The Labute approximate surface area is 98.1 Å². The molecule has 6 N–H and O–H groups in total. The Bertz CT molecular complexity index is 329. The zero-order valence-corrected chi connectivity index (χ0v) is 9.49. The molecule has 0 rings (SSSR count). The number of carbonyl (C=O) groups is 4. The molecule has 0 aliphatic carbocycles. The second-order valence-corrected chi connectivity index (χ2v) is 3.44. The van der Waals surface area contributed by atoms with Crippen LogP contribution < -0.4 is 22.1 Å². The molecule has 0 aromatic heterocycles. The Morgan fingerprint density at radius 2 is 1.71 bits per heavy atom. The predicted molar refractivity (Wildman–Crippen MR) is 58.2 cm³/mol. The quantitative estimate of drug-likeness (QED) is 0.388. The largest absolute Gasteiger partial charge is 0.370 e. The van der Waals surface area contributed by atoms with E-state index in [1.807, 2.05) is 0 Å². The van der Waals surface area contributed by atoms with E-state index in [2.05, 4.69) is 10.6 Å². The molecule has 0 fully saturated rings. The van der Waals surface area contributed by atoms with Gasteiger partial charge in [-0.05, 0) is 6.42 Å². The van der Waals surface area contributed by atoms with Gasteiger partial charge in [-0.15, -0.1) is 0 Å². The van der Waals surface area contributed by atoms with Crippen molar-refractivity contribution in [1.82, 2.24) is 10.6 Å². The van der Waals surface area contributed by atoms with E-state index in [0.717, 1.165) is 0 Å². The van der Waals surface area contributed by atoms with Crippen molar-refractivity contribution < 1.29 is 19.2 Å². The summed E-state index contributed by atoms with van der Waals surface area (Å²) in [7, 11) is 0. The van der Waals surface area contributed by atoms with Crippen molar-refractivity contribution in [2.45, 2.75) is 25.8 Å². The van der Waals surface area contributed by atoms with Crippen molar-refractivity contribution in [3.63, 3.8) is 0 Å². The van der Waals surface area contributed by atoms with Crippen LogP contribution in [-0.4, -0.2) is 36.2 Å². The smallest absolute Gasteiger partial charge is 0.243 e. The first-order valence-electron chi connectivity index (χ1n) is 4.94. The van der Waals surface area contributed by atoms with E-state index in [1.165, 1.54) is 6.92 Å². The summed E-state index contributed by atoms with van der Waals surface area (Å²) >= 11 is 0. The van der Waals surface area contributed by atoms with E-state index in [9.17, 15) is 19.2 Å². The molecule has 0 aliphatic rings. The molecule has 17 heavy (non-hydrogen) atoms. The number of hydrogen-bond acceptors (Lipinski definition) is 4. The first-order chi connectivity index (χ1) is 7.82. The summed E-state index contributed by atoms with van der Waals surface area (Å²) in [4.78, 5) is 43.4. The maximum atomic E-state index is 11.5. The Kier molecular flexibility index (Phi) is 6.30. The average molecular weight is 244 g/mol. The minimum Gasteiger partial charge on any atom is -0.370 e. The van der Waals surface area contributed by atoms with Gasteiger partial charge < -0.3 is 22.1 Å². The van der Waals surface area contributed by atoms with Gasteiger partial charge in [0.05, 0.1) is 6.54 Å². The molecule has 0 heterocycles. The Morgan fingerprint density at radius 1 is 1.12 bits per heavy atom. The second kappa shape index (κ2) is 7.20. The third-order valence-electron chi connectivity index (χ3n) is 1.81. The van der Waals surface area contributed by atoms with Crippen LogP contribution in [0, 0.1) is 0 Å². The Balaban J connectivity index is 4.33. The monoisotopic (exact) mass is 244 g/mol. The highest BCUT2D eigenvalue weighted by Crippen LogP contribution is 1.97. The fourth-order valence-corrected chi connectivity index (χ4v) is 1.10. The fraction of sp³-hybridized carbons (Fsp3) is 0.556. The molecule has 0 aliphatic heterocycles. The van der Waals surface area contributed by atoms with Crippen molar-refractivity contribution in [3.8, 4) is 0 Å². The molecular weight excluding hydrogens is 228 g/mol. The maximum absolute atomic E-state index is 11.5. The van der Waals surface area contributed by atoms with Gasteiger partial charge in [-0.25, -0.2) is 0 Å². The van der Waals surface area contributed by atoms with Crippen molar-refractivity contribution in [1.29, 1.82) is 0 Å². The van der Waals surface area contributed by atoms with Crippen LogP contribution in [0.3, 0.4) is 0 Å². The lowest BCUT2D eigenvalue weighted by Crippen LogP contribution is -2.48. The Hall–Kier alpha value is -2.12. The normalized spacial score (nSPS) is 11.4. The van der Waals surface area contributed by atoms with Crippen molar-refractivity contribution >= 4 is 23.6 Å². The zero-order chi connectivity index (χ0) is 13.4. The fourth-order valence-electron chi connectivity index (χ4n) is 1.10. The predicted octanol–water partition coefficient (Wildman–Crippen LogP) is -2.64. The van der Waals surface area contributed by atoms with Gasteiger partial charge >= 0.3 is 0 Å². The highest BCUT2D eigenvalue weighted by Gasteiger charge is 2.19. The number of rotatable bonds is 7. The van der Waals surface area contributed by atoms with Crippen LogP contribution in [0.1, 0.15) is 19.8 Å². The summed E-state index contributed by atoms with van der Waals surface area (Å²) in [6, 6.07) is -0.903. The number of nitrogens with two attached hydrogens (primary N) is 2. The van der Waals surface area contributed by atoms with E-state index >= 15 is 0 Å². The van der Waals surface area contributed by atoms with Crippen LogP contribution in [0.15, 0.2) is 0 Å². The summed E-state index contributed by atoms with van der Waals surface area (Å²) in [5.41, 5.74) is 9.79. The number of nitrogens with one attached hydrogen (secondary N) is 2. The molecule has 4 amide bonds. The van der Waals surface area contributed by atoms with E-state index in [0.29, 0.717) is 0 Å². The highest BCUT2D eigenvalue weighted by atomic mass is 16.2. The summed E-state index contributed by atoms with van der Waals surface area (Å²) in [6.45, 7) is 0.907. The molecule has 0 saturated heterocycles. The summed E-state index contributed by atoms with van der Waals surface area (Å²) in [5, 5.41) is 4.58. The molecule has 0 aromatic carbocycles. The highest BCUT2D eigenvalue weighted by molar-refractivity contribution is 5.90. The maximum Gasteiger partial charge on any atom is 0.243 e. The first kappa shape index (κ1) is 14.9. The molecule has 0 bridgehead atoms. The molecule has 1 atom stereocenters. The van der Waals surface area contributed by atoms with E-state index in [-0.39, 0.29) is 19.4 Å². The first-order valence-corrected chi connectivity index (χ1v) is 4.94. The minimum atomic E-state index is -0.903. The van der Waals surface area contributed by atoms with Crippen LogP contribution in [0.5, 0.6) is 0 Å². The van der Waals surface area contributed by atoms with E-state index in [4.69, 9.17) is 11.5 Å². The molecule has 96 valence electrons. The molecule has 8 nitrogen and oxygen atoms in total. The third kappa shape index (κ3) is 7.77. The average Bonchev–Trinajstić information content (AvgIpc) is 2.19. The molecule has 0 aromatic rings. The minimum absolute atomic E-state index is 0.0467. The molecule has 0 spiro atoms. The second-order valence-electron chi connectivity index (χ2n) is 3.44. The number of carbonyl (C=O) groups excluding carboxylic acids is 4. The number of primary amides is 2. The van der Waals surface area contributed by atoms with Gasteiger partial charge in [-0.2, -0.15) is 0 Å². The van der Waals surface area contributed by atoms with Crippen molar-refractivity contribution in [2.75, 3.05) is 6.54 Å². The standard InChI is InChI=1S/C9H16N4O4/c1-5(14)13-6(2-3-7(10)15)9(17)12-4-8(11)16/h6H,2-4H2,1H3,(H2,10,15)(H2,11,16)(H,12,17)(H,13,14)/t6-/m0/s1. The van der Waals surface area contributed by atoms with Crippen molar-refractivity contribution in [3.05, 3.63) is 0 Å². The molecule has 0 saturated carbocycles. The van der Waals surface area contributed by atoms with Gasteiger partial charge in [-0.1, -0.05) is 0 Å². The van der Waals surface area contributed by atoms with Crippen LogP contribution in [-0.2, 0) is 19.2 Å². The van der Waals surface area contributed by atoms with Crippen LogP contribution in [0.2, 0.25) is 0 Å². The van der Waals surface area contributed by atoms with Gasteiger partial charge in [0.1, 0.15) is 6.04 Å². The Morgan fingerprint density at radius 3 is 2.12 bits per heavy atom. The summed E-state index contributed by atoms with van der Waals surface area (Å²) in [5.74, 6) is -2.29. The number of amides is 4. The molecule has 8 heteroatoms. The lowest BCUT2D eigenvalue weighted by molar-refractivity contribution is -0.129. The molecule has 0 radical (unpaired) electrons. The molecular formula is C9H16N4O4. The van der Waals surface area contributed by atoms with Gasteiger partial charge in [0, 0.05) is 13.3 Å². The van der Waals surface area contributed by atoms with Gasteiger partial charge in [0.2, 0.25) is 23.6 Å². The van der Waals surface area contributed by atoms with Crippen molar-refractivity contribution in [2.24, 2.45) is 11.5 Å². The van der Waals surface area contributed by atoms with Gasteiger partial charge in [0.15, 0.2) is 0 Å². The van der Waals surface area contributed by atoms with Crippen LogP contribution >= 0.6 is 0 Å².